The molecule has 17 heavy (non-hydrogen) atoms. The van der Waals surface area contributed by atoms with Crippen LogP contribution in [0.3, 0.4) is 0 Å². The third kappa shape index (κ3) is 2.97. The van der Waals surface area contributed by atoms with Crippen LogP contribution in [-0.4, -0.2) is 40.9 Å². The van der Waals surface area contributed by atoms with Gasteiger partial charge in [0, 0.05) is 31.6 Å². The lowest BCUT2D eigenvalue weighted by atomic mass is 10.1. The maximum absolute atomic E-state index is 4.62. The third-order valence-corrected chi connectivity index (χ3v) is 3.33. The Balaban J connectivity index is 2.02. The molecule has 1 fully saturated rings. The van der Waals surface area contributed by atoms with Gasteiger partial charge in [0.1, 0.15) is 5.82 Å². The fourth-order valence-electron chi connectivity index (χ4n) is 2.31. The monoisotopic (exact) mass is 237 g/mol. The van der Waals surface area contributed by atoms with Gasteiger partial charge in [-0.05, 0) is 13.3 Å². The van der Waals surface area contributed by atoms with Crippen molar-refractivity contribution in [2.75, 3.05) is 24.5 Å². The Bertz CT molecular complexity index is 348. The third-order valence-electron chi connectivity index (χ3n) is 3.33. The maximum atomic E-state index is 4.62. The lowest BCUT2D eigenvalue weighted by Crippen LogP contribution is -2.49. The first-order valence-corrected chi connectivity index (χ1v) is 6.61. The molecule has 0 aromatic carbocycles. The van der Waals surface area contributed by atoms with Gasteiger partial charge in [0.15, 0.2) is 0 Å². The van der Waals surface area contributed by atoms with Crippen LogP contribution >= 0.6 is 0 Å². The maximum Gasteiger partial charge on any atom is 0.244 e. The number of rotatable bonds is 4. The van der Waals surface area contributed by atoms with Gasteiger partial charge in [-0.3, -0.25) is 5.10 Å². The van der Waals surface area contributed by atoms with Gasteiger partial charge in [0.05, 0.1) is 0 Å². The Labute approximate surface area is 103 Å². The molecule has 5 heteroatoms. The van der Waals surface area contributed by atoms with Crippen LogP contribution < -0.4 is 10.2 Å². The van der Waals surface area contributed by atoms with E-state index in [0.29, 0.717) is 12.0 Å². The molecule has 2 N–H and O–H groups in total. The van der Waals surface area contributed by atoms with Crippen LogP contribution in [0.1, 0.15) is 45.4 Å². The van der Waals surface area contributed by atoms with Crippen LogP contribution in [0.5, 0.6) is 0 Å². The van der Waals surface area contributed by atoms with Crippen molar-refractivity contribution in [1.29, 1.82) is 0 Å². The molecule has 0 amide bonds. The number of aromatic nitrogens is 3. The van der Waals surface area contributed by atoms with Gasteiger partial charge in [-0.1, -0.05) is 20.3 Å². The molecule has 2 heterocycles. The average molecular weight is 237 g/mol. The van der Waals surface area contributed by atoms with Gasteiger partial charge in [-0.25, -0.2) is 0 Å². The van der Waals surface area contributed by atoms with Crippen molar-refractivity contribution < 1.29 is 0 Å². The summed E-state index contributed by atoms with van der Waals surface area (Å²) in [4.78, 5) is 6.87. The van der Waals surface area contributed by atoms with E-state index in [1.807, 2.05) is 0 Å². The Morgan fingerprint density at radius 3 is 3.06 bits per heavy atom. The zero-order chi connectivity index (χ0) is 12.3. The minimum atomic E-state index is 0.474. The second-order valence-electron chi connectivity index (χ2n) is 5.01. The standard InChI is InChI=1S/C12H23N5/c1-4-5-9(2)11-14-12(16-15-11)17-7-6-13-10(3)8-17/h9-10,13H,4-8H2,1-3H3,(H,14,15,16)/t9?,10-/m1/s1. The van der Waals surface area contributed by atoms with Crippen molar-refractivity contribution in [1.82, 2.24) is 20.5 Å². The molecule has 0 spiro atoms. The van der Waals surface area contributed by atoms with Crippen molar-refractivity contribution in [3.05, 3.63) is 5.82 Å². The van der Waals surface area contributed by atoms with Crippen molar-refractivity contribution in [2.24, 2.45) is 0 Å². The van der Waals surface area contributed by atoms with E-state index in [1.165, 1.54) is 6.42 Å². The fraction of sp³-hybridized carbons (Fsp3) is 0.833. The predicted octanol–water partition coefficient (Wildman–Crippen LogP) is 1.51. The van der Waals surface area contributed by atoms with Gasteiger partial charge in [0.25, 0.3) is 0 Å². The Morgan fingerprint density at radius 1 is 1.53 bits per heavy atom. The second kappa shape index (κ2) is 5.49. The van der Waals surface area contributed by atoms with Crippen LogP contribution in [0.2, 0.25) is 0 Å². The van der Waals surface area contributed by atoms with Crippen LogP contribution in [0.4, 0.5) is 5.95 Å². The summed E-state index contributed by atoms with van der Waals surface area (Å²) in [5, 5.41) is 10.8. The topological polar surface area (TPSA) is 56.8 Å². The molecule has 1 aliphatic rings. The molecule has 5 nitrogen and oxygen atoms in total. The number of nitrogens with zero attached hydrogens (tertiary/aromatic N) is 3. The lowest BCUT2D eigenvalue weighted by molar-refractivity contribution is 0.479. The first-order valence-electron chi connectivity index (χ1n) is 6.61. The molecule has 0 saturated carbocycles. The summed E-state index contributed by atoms with van der Waals surface area (Å²) in [7, 11) is 0. The summed E-state index contributed by atoms with van der Waals surface area (Å²) in [6.45, 7) is 9.58. The molecule has 2 rings (SSSR count). The van der Waals surface area contributed by atoms with E-state index in [9.17, 15) is 0 Å². The quantitative estimate of drug-likeness (QED) is 0.833. The van der Waals surface area contributed by atoms with Crippen LogP contribution in [0, 0.1) is 0 Å². The number of H-pyrrole nitrogens is 1. The highest BCUT2D eigenvalue weighted by molar-refractivity contribution is 5.30. The van der Waals surface area contributed by atoms with E-state index < -0.39 is 0 Å². The molecule has 1 aromatic heterocycles. The number of aromatic amines is 1. The molecular formula is C12H23N5. The number of hydrogen-bond donors (Lipinski definition) is 2. The van der Waals surface area contributed by atoms with Gasteiger partial charge in [-0.15, -0.1) is 5.10 Å². The normalized spacial score (nSPS) is 22.8. The highest BCUT2D eigenvalue weighted by atomic mass is 15.4. The SMILES string of the molecule is CCCC(C)c1nc(N2CCN[C@H](C)C2)n[nH]1. The smallest absolute Gasteiger partial charge is 0.244 e. The molecule has 1 aliphatic heterocycles. The summed E-state index contributed by atoms with van der Waals surface area (Å²) >= 11 is 0. The molecule has 96 valence electrons. The number of piperazine rings is 1. The van der Waals surface area contributed by atoms with E-state index in [-0.39, 0.29) is 0 Å². The number of hydrogen-bond acceptors (Lipinski definition) is 4. The highest BCUT2D eigenvalue weighted by Crippen LogP contribution is 2.19. The zero-order valence-corrected chi connectivity index (χ0v) is 11.0. The Hall–Kier alpha value is -1.10. The van der Waals surface area contributed by atoms with E-state index in [0.717, 1.165) is 37.8 Å². The summed E-state index contributed by atoms with van der Waals surface area (Å²) in [6.07, 6.45) is 2.34. The first kappa shape index (κ1) is 12.4. The molecule has 0 bridgehead atoms. The highest BCUT2D eigenvalue weighted by Gasteiger charge is 2.20. The van der Waals surface area contributed by atoms with Crippen molar-refractivity contribution in [3.8, 4) is 0 Å². The number of anilines is 1. The summed E-state index contributed by atoms with van der Waals surface area (Å²) in [5.41, 5.74) is 0. The van der Waals surface area contributed by atoms with Crippen LogP contribution in [0.25, 0.3) is 0 Å². The van der Waals surface area contributed by atoms with Crippen molar-refractivity contribution in [3.63, 3.8) is 0 Å². The van der Waals surface area contributed by atoms with E-state index in [4.69, 9.17) is 0 Å². The van der Waals surface area contributed by atoms with Gasteiger partial charge >= 0.3 is 0 Å². The minimum absolute atomic E-state index is 0.474. The number of nitrogens with one attached hydrogen (secondary N) is 2. The van der Waals surface area contributed by atoms with E-state index >= 15 is 0 Å². The zero-order valence-electron chi connectivity index (χ0n) is 11.0. The largest absolute Gasteiger partial charge is 0.337 e. The summed E-state index contributed by atoms with van der Waals surface area (Å²) in [5.74, 6) is 2.35. The minimum Gasteiger partial charge on any atom is -0.337 e. The molecule has 0 aliphatic carbocycles. The fourth-order valence-corrected chi connectivity index (χ4v) is 2.31. The lowest BCUT2D eigenvalue weighted by Gasteiger charge is -2.30. The van der Waals surface area contributed by atoms with E-state index in [1.54, 1.807) is 0 Å². The molecule has 0 radical (unpaired) electrons. The van der Waals surface area contributed by atoms with Gasteiger partial charge in [-0.2, -0.15) is 4.98 Å². The van der Waals surface area contributed by atoms with Crippen LogP contribution in [-0.2, 0) is 0 Å². The second-order valence-corrected chi connectivity index (χ2v) is 5.01. The first-order chi connectivity index (χ1) is 8.20. The summed E-state index contributed by atoms with van der Waals surface area (Å²) in [6, 6.07) is 0.513. The van der Waals surface area contributed by atoms with Crippen molar-refractivity contribution >= 4 is 5.95 Å². The van der Waals surface area contributed by atoms with Crippen LogP contribution in [0.15, 0.2) is 0 Å². The summed E-state index contributed by atoms with van der Waals surface area (Å²) < 4.78 is 0. The Morgan fingerprint density at radius 2 is 2.35 bits per heavy atom. The molecular weight excluding hydrogens is 214 g/mol. The molecule has 2 atom stereocenters. The molecule has 1 aromatic rings. The molecule has 1 unspecified atom stereocenters. The molecule has 1 saturated heterocycles. The Kier molecular flexibility index (Phi) is 3.99. The van der Waals surface area contributed by atoms with E-state index in [2.05, 4.69) is 46.2 Å². The average Bonchev–Trinajstić information content (AvgIpc) is 2.78. The van der Waals surface area contributed by atoms with Gasteiger partial charge < -0.3 is 10.2 Å². The predicted molar refractivity (Wildman–Crippen MR) is 69.4 cm³/mol. The van der Waals surface area contributed by atoms with Gasteiger partial charge in [0.2, 0.25) is 5.95 Å². The van der Waals surface area contributed by atoms with Crippen molar-refractivity contribution in [2.45, 2.75) is 45.6 Å².